The minimum atomic E-state index is -0.840. The van der Waals surface area contributed by atoms with Crippen LogP contribution in [0, 0.1) is 11.8 Å². The summed E-state index contributed by atoms with van der Waals surface area (Å²) < 4.78 is 13.1. The molecule has 15 heteroatoms. The third-order valence-electron chi connectivity index (χ3n) is 9.78. The number of anilines is 2. The number of benzene rings is 1. The molecule has 1 unspecified atom stereocenters. The molecule has 15 nitrogen and oxygen atoms in total. The first kappa shape index (κ1) is 48.4. The Balaban J connectivity index is 1.39. The monoisotopic (exact) mass is 820 g/mol. The molecule has 0 bridgehead atoms. The van der Waals surface area contributed by atoms with Crippen molar-refractivity contribution in [3.05, 3.63) is 59.2 Å². The number of carbonyl (C=O) groups excluding carboxylic acids is 4. The highest BCUT2D eigenvalue weighted by Crippen LogP contribution is 2.23. The molecule has 0 aliphatic heterocycles. The number of hydrogen-bond donors (Lipinski definition) is 4. The van der Waals surface area contributed by atoms with Crippen LogP contribution in [0.2, 0.25) is 0 Å². The summed E-state index contributed by atoms with van der Waals surface area (Å²) in [6.07, 6.45) is 9.47. The molecular weight excluding hydrogens is 751 g/mol. The largest absolute Gasteiger partial charge is 0.461 e. The SMILES string of the molecule is CCCc1cc(CCC(C)C)nc(NCCCCc2cn(C(C)(C)CCOC(C)(C)CC(=O)NC(C(=O)NCC(=O)Nc3ccc(COC(C)=O)cc3)C(C)C)nn2)n1. The van der Waals surface area contributed by atoms with Gasteiger partial charge in [0, 0.05) is 43.3 Å². The molecule has 0 saturated heterocycles. The molecule has 59 heavy (non-hydrogen) atoms. The molecule has 0 radical (unpaired) electrons. The molecule has 1 atom stereocenters. The summed E-state index contributed by atoms with van der Waals surface area (Å²) in [6.45, 7) is 20.5. The van der Waals surface area contributed by atoms with E-state index in [1.165, 1.54) is 6.92 Å². The molecular formula is C44H69N9O6. The van der Waals surface area contributed by atoms with E-state index in [2.05, 4.69) is 72.3 Å². The quantitative estimate of drug-likeness (QED) is 0.0524. The minimum Gasteiger partial charge on any atom is -0.461 e. The number of hydrogen-bond acceptors (Lipinski definition) is 11. The maximum absolute atomic E-state index is 13.1. The van der Waals surface area contributed by atoms with Crippen molar-refractivity contribution in [3.8, 4) is 0 Å². The molecule has 2 aromatic heterocycles. The fraction of sp³-hybridized carbons (Fsp3) is 0.636. The first-order valence-corrected chi connectivity index (χ1v) is 21.1. The van der Waals surface area contributed by atoms with Crippen molar-refractivity contribution in [3.63, 3.8) is 0 Å². The van der Waals surface area contributed by atoms with E-state index in [0.717, 1.165) is 80.1 Å². The lowest BCUT2D eigenvalue weighted by Gasteiger charge is -2.30. The molecule has 3 amide bonds. The first-order chi connectivity index (χ1) is 27.9. The fourth-order valence-corrected chi connectivity index (χ4v) is 6.16. The maximum Gasteiger partial charge on any atom is 0.302 e. The fourth-order valence-electron chi connectivity index (χ4n) is 6.16. The van der Waals surface area contributed by atoms with Crippen LogP contribution >= 0.6 is 0 Å². The number of aryl methyl sites for hydroxylation is 3. The van der Waals surface area contributed by atoms with Gasteiger partial charge in [0.2, 0.25) is 23.7 Å². The van der Waals surface area contributed by atoms with E-state index in [-0.39, 0.29) is 42.9 Å². The molecule has 3 rings (SSSR count). The van der Waals surface area contributed by atoms with E-state index < -0.39 is 23.5 Å². The third kappa shape index (κ3) is 18.3. The number of amides is 3. The smallest absolute Gasteiger partial charge is 0.302 e. The molecule has 326 valence electrons. The van der Waals surface area contributed by atoms with Gasteiger partial charge in [-0.2, -0.15) is 0 Å². The number of nitrogens with zero attached hydrogens (tertiary/aromatic N) is 5. The summed E-state index contributed by atoms with van der Waals surface area (Å²) in [7, 11) is 0. The van der Waals surface area contributed by atoms with Crippen LogP contribution < -0.4 is 21.3 Å². The summed E-state index contributed by atoms with van der Waals surface area (Å²) in [6, 6.07) is 8.14. The van der Waals surface area contributed by atoms with Crippen LogP contribution in [0.1, 0.15) is 130 Å². The van der Waals surface area contributed by atoms with Gasteiger partial charge in [0.05, 0.1) is 29.8 Å². The second-order valence-electron chi connectivity index (χ2n) is 17.3. The Morgan fingerprint density at radius 1 is 0.881 bits per heavy atom. The highest BCUT2D eigenvalue weighted by atomic mass is 16.5. The number of nitrogens with one attached hydrogen (secondary N) is 4. The Bertz CT molecular complexity index is 1790. The minimum absolute atomic E-state index is 0.0375. The Morgan fingerprint density at radius 3 is 2.22 bits per heavy atom. The van der Waals surface area contributed by atoms with Crippen molar-refractivity contribution in [2.75, 3.05) is 30.3 Å². The lowest BCUT2D eigenvalue weighted by Crippen LogP contribution is -2.52. The second kappa shape index (κ2) is 23.6. The van der Waals surface area contributed by atoms with E-state index in [9.17, 15) is 19.2 Å². The predicted octanol–water partition coefficient (Wildman–Crippen LogP) is 6.31. The molecule has 3 aromatic rings. The molecule has 0 fully saturated rings. The van der Waals surface area contributed by atoms with E-state index in [1.807, 2.05) is 38.6 Å². The summed E-state index contributed by atoms with van der Waals surface area (Å²) in [4.78, 5) is 59.2. The van der Waals surface area contributed by atoms with E-state index in [1.54, 1.807) is 24.3 Å². The van der Waals surface area contributed by atoms with Crippen molar-refractivity contribution in [2.24, 2.45) is 11.8 Å². The van der Waals surface area contributed by atoms with Crippen molar-refractivity contribution in [1.29, 1.82) is 0 Å². The number of esters is 1. The van der Waals surface area contributed by atoms with E-state index >= 15 is 0 Å². The lowest BCUT2D eigenvalue weighted by molar-refractivity contribution is -0.142. The third-order valence-corrected chi connectivity index (χ3v) is 9.78. The van der Waals surface area contributed by atoms with Gasteiger partial charge >= 0.3 is 5.97 Å². The number of aromatic nitrogens is 5. The Hall–Kier alpha value is -4.92. The predicted molar refractivity (Wildman–Crippen MR) is 230 cm³/mol. The zero-order valence-electron chi connectivity index (χ0n) is 37.1. The number of unbranched alkanes of at least 4 members (excludes halogenated alkanes) is 1. The van der Waals surface area contributed by atoms with Crippen LogP contribution in [0.15, 0.2) is 36.5 Å². The van der Waals surface area contributed by atoms with Crippen LogP contribution in [0.25, 0.3) is 0 Å². The second-order valence-corrected chi connectivity index (χ2v) is 17.3. The Morgan fingerprint density at radius 2 is 1.58 bits per heavy atom. The lowest BCUT2D eigenvalue weighted by atomic mass is 9.99. The van der Waals surface area contributed by atoms with Gasteiger partial charge in [0.15, 0.2) is 0 Å². The highest BCUT2D eigenvalue weighted by molar-refractivity contribution is 5.96. The van der Waals surface area contributed by atoms with Crippen molar-refractivity contribution in [2.45, 2.75) is 151 Å². The molecule has 0 saturated carbocycles. The molecule has 0 aliphatic carbocycles. The van der Waals surface area contributed by atoms with E-state index in [0.29, 0.717) is 24.6 Å². The summed E-state index contributed by atoms with van der Waals surface area (Å²) >= 11 is 0. The number of carbonyl (C=O) groups is 4. The summed E-state index contributed by atoms with van der Waals surface area (Å²) in [5.74, 6) is -0.465. The van der Waals surface area contributed by atoms with Gasteiger partial charge in [-0.3, -0.25) is 19.2 Å². The van der Waals surface area contributed by atoms with E-state index in [4.69, 9.17) is 19.4 Å². The normalized spacial score (nSPS) is 12.3. The highest BCUT2D eigenvalue weighted by Gasteiger charge is 2.30. The van der Waals surface area contributed by atoms with Gasteiger partial charge in [-0.25, -0.2) is 14.6 Å². The van der Waals surface area contributed by atoms with Crippen molar-refractivity contribution < 1.29 is 28.7 Å². The molecule has 1 aromatic carbocycles. The standard InChI is InChI=1S/C44H69N9O6/c1-11-14-35-25-36(19-16-30(2)3)49-42(48-35)45-23-13-12-15-37-28-53(52-51-37)43(7,8)22-24-59-44(9,10)26-38(55)50-40(31(4)5)41(57)46-27-39(56)47-34-20-17-33(18-21-34)29-58-32(6)54/h17-18,20-21,25,28,30-31,40H,11-16,19,22-24,26-27,29H2,1-10H3,(H,46,57)(H,47,56)(H,50,55)(H,45,48,49). The van der Waals surface area contributed by atoms with Crippen LogP contribution in [-0.2, 0) is 60.1 Å². The molecule has 4 N–H and O–H groups in total. The van der Waals surface area contributed by atoms with Gasteiger partial charge in [-0.15, -0.1) is 5.10 Å². The van der Waals surface area contributed by atoms with Crippen molar-refractivity contribution in [1.82, 2.24) is 35.6 Å². The molecule has 0 aliphatic rings. The van der Waals surface area contributed by atoms with Gasteiger partial charge in [-0.1, -0.05) is 58.4 Å². The van der Waals surface area contributed by atoms with Crippen LogP contribution in [0.5, 0.6) is 0 Å². The topological polar surface area (TPSA) is 191 Å². The number of ether oxygens (including phenoxy) is 2. The Labute approximate surface area is 351 Å². The van der Waals surface area contributed by atoms with Crippen LogP contribution in [-0.4, -0.2) is 80.0 Å². The van der Waals surface area contributed by atoms with Crippen LogP contribution in [0.3, 0.4) is 0 Å². The first-order valence-electron chi connectivity index (χ1n) is 21.1. The summed E-state index contributed by atoms with van der Waals surface area (Å²) in [5.41, 5.74) is 3.27. The maximum atomic E-state index is 13.1. The molecule has 0 spiro atoms. The van der Waals surface area contributed by atoms with Gasteiger partial charge in [0.25, 0.3) is 0 Å². The zero-order chi connectivity index (χ0) is 43.6. The van der Waals surface area contributed by atoms with Gasteiger partial charge < -0.3 is 30.7 Å². The zero-order valence-corrected chi connectivity index (χ0v) is 37.1. The average Bonchev–Trinajstić information content (AvgIpc) is 3.64. The average molecular weight is 820 g/mol. The molecule has 2 heterocycles. The number of rotatable bonds is 26. The summed E-state index contributed by atoms with van der Waals surface area (Å²) in [5, 5.41) is 20.5. The van der Waals surface area contributed by atoms with Gasteiger partial charge in [-0.05, 0) is 108 Å². The van der Waals surface area contributed by atoms with Crippen molar-refractivity contribution >= 4 is 35.3 Å². The Kier molecular flexibility index (Phi) is 19.4. The van der Waals surface area contributed by atoms with Crippen LogP contribution in [0.4, 0.5) is 11.6 Å². The van der Waals surface area contributed by atoms with Gasteiger partial charge in [0.1, 0.15) is 12.6 Å².